The summed E-state index contributed by atoms with van der Waals surface area (Å²) in [6.07, 6.45) is 6.61. The third-order valence-electron chi connectivity index (χ3n) is 1.69. The normalized spacial score (nSPS) is 13.4. The first-order valence-corrected chi connectivity index (χ1v) is 4.00. The monoisotopic (exact) mass is 152 g/mol. The maximum Gasteiger partial charge on any atom is 0.124 e. The molecule has 0 radical (unpaired) electrons. The Morgan fingerprint density at radius 3 is 2.45 bits per heavy atom. The van der Waals surface area contributed by atoms with Gasteiger partial charge in [-0.15, -0.1) is 0 Å². The average molecular weight is 152 g/mol. The van der Waals surface area contributed by atoms with Crippen LogP contribution < -0.4 is 0 Å². The summed E-state index contributed by atoms with van der Waals surface area (Å²) in [5, 5.41) is 0. The minimum Gasteiger partial charge on any atom is -0.303 e. The fourth-order valence-electron chi connectivity index (χ4n) is 0.818. The van der Waals surface area contributed by atoms with E-state index in [0.717, 1.165) is 12.7 Å². The SMILES string of the molecule is C/C=C(C)\C=C(/CC)CC=O. The molecule has 0 rings (SSSR count). The van der Waals surface area contributed by atoms with Gasteiger partial charge in [-0.2, -0.15) is 0 Å². The van der Waals surface area contributed by atoms with Gasteiger partial charge in [-0.3, -0.25) is 0 Å². The highest BCUT2D eigenvalue weighted by atomic mass is 16.1. The Kier molecular flexibility index (Phi) is 5.44. The van der Waals surface area contributed by atoms with E-state index in [4.69, 9.17) is 0 Å². The van der Waals surface area contributed by atoms with Gasteiger partial charge in [-0.1, -0.05) is 30.2 Å². The molecule has 0 aliphatic carbocycles. The van der Waals surface area contributed by atoms with Gasteiger partial charge in [-0.25, -0.2) is 0 Å². The summed E-state index contributed by atoms with van der Waals surface area (Å²) in [5.41, 5.74) is 2.43. The van der Waals surface area contributed by atoms with Crippen molar-refractivity contribution in [2.75, 3.05) is 0 Å². The maximum atomic E-state index is 10.2. The van der Waals surface area contributed by atoms with Crippen LogP contribution in [0.4, 0.5) is 0 Å². The van der Waals surface area contributed by atoms with Crippen molar-refractivity contribution in [2.45, 2.75) is 33.6 Å². The Balaban J connectivity index is 4.21. The van der Waals surface area contributed by atoms with Gasteiger partial charge in [0.1, 0.15) is 6.29 Å². The molecule has 0 saturated carbocycles. The Morgan fingerprint density at radius 1 is 1.45 bits per heavy atom. The minimum atomic E-state index is 0.571. The zero-order valence-corrected chi connectivity index (χ0v) is 7.55. The van der Waals surface area contributed by atoms with Crippen LogP contribution in [0, 0.1) is 0 Å². The van der Waals surface area contributed by atoms with E-state index in [1.165, 1.54) is 11.1 Å². The van der Waals surface area contributed by atoms with Crippen LogP contribution >= 0.6 is 0 Å². The first kappa shape index (κ1) is 10.2. The first-order valence-electron chi connectivity index (χ1n) is 4.00. The molecule has 0 aliphatic rings. The van der Waals surface area contributed by atoms with E-state index >= 15 is 0 Å². The van der Waals surface area contributed by atoms with E-state index in [2.05, 4.69) is 13.0 Å². The molecular weight excluding hydrogens is 136 g/mol. The molecule has 0 aliphatic heterocycles. The number of rotatable bonds is 4. The zero-order valence-electron chi connectivity index (χ0n) is 7.55. The van der Waals surface area contributed by atoms with Crippen LogP contribution in [0.3, 0.4) is 0 Å². The van der Waals surface area contributed by atoms with E-state index in [0.29, 0.717) is 6.42 Å². The molecule has 62 valence electrons. The molecule has 1 nitrogen and oxygen atoms in total. The van der Waals surface area contributed by atoms with E-state index in [9.17, 15) is 4.79 Å². The van der Waals surface area contributed by atoms with Gasteiger partial charge in [-0.05, 0) is 20.3 Å². The van der Waals surface area contributed by atoms with Crippen molar-refractivity contribution in [1.29, 1.82) is 0 Å². The lowest BCUT2D eigenvalue weighted by Crippen LogP contribution is -1.83. The standard InChI is InChI=1S/C10H16O/c1-4-9(3)8-10(5-2)6-7-11/h4,7-8H,5-6H2,1-3H3/b9-4-,10-8+. The Hall–Kier alpha value is -0.850. The van der Waals surface area contributed by atoms with Crippen molar-refractivity contribution in [3.05, 3.63) is 23.3 Å². The number of aldehydes is 1. The number of carbonyl (C=O) groups is 1. The lowest BCUT2D eigenvalue weighted by molar-refractivity contribution is -0.107. The topological polar surface area (TPSA) is 17.1 Å². The molecule has 11 heavy (non-hydrogen) atoms. The molecule has 0 aromatic rings. The van der Waals surface area contributed by atoms with E-state index < -0.39 is 0 Å². The van der Waals surface area contributed by atoms with Crippen molar-refractivity contribution < 1.29 is 4.79 Å². The molecule has 0 fully saturated rings. The van der Waals surface area contributed by atoms with Crippen LogP contribution in [0.25, 0.3) is 0 Å². The van der Waals surface area contributed by atoms with Crippen molar-refractivity contribution in [3.63, 3.8) is 0 Å². The average Bonchev–Trinajstić information content (AvgIpc) is 2.03. The summed E-state index contributed by atoms with van der Waals surface area (Å²) in [4.78, 5) is 10.2. The molecule has 0 spiro atoms. The Labute approximate surface area is 68.8 Å². The van der Waals surface area contributed by atoms with Gasteiger partial charge >= 0.3 is 0 Å². The van der Waals surface area contributed by atoms with E-state index in [1.807, 2.05) is 19.9 Å². The summed E-state index contributed by atoms with van der Waals surface area (Å²) >= 11 is 0. The summed E-state index contributed by atoms with van der Waals surface area (Å²) in [6.45, 7) is 6.11. The van der Waals surface area contributed by atoms with Gasteiger partial charge in [0.15, 0.2) is 0 Å². The van der Waals surface area contributed by atoms with Crippen molar-refractivity contribution in [1.82, 2.24) is 0 Å². The quantitative estimate of drug-likeness (QED) is 0.447. The van der Waals surface area contributed by atoms with Gasteiger partial charge in [0, 0.05) is 6.42 Å². The minimum absolute atomic E-state index is 0.571. The fraction of sp³-hybridized carbons (Fsp3) is 0.500. The van der Waals surface area contributed by atoms with E-state index in [1.54, 1.807) is 0 Å². The van der Waals surface area contributed by atoms with Crippen LogP contribution in [0.1, 0.15) is 33.6 Å². The van der Waals surface area contributed by atoms with Gasteiger partial charge in [0.05, 0.1) is 0 Å². The number of allylic oxidation sites excluding steroid dienone is 4. The van der Waals surface area contributed by atoms with Crippen molar-refractivity contribution >= 4 is 6.29 Å². The molecule has 0 unspecified atom stereocenters. The van der Waals surface area contributed by atoms with Crippen LogP contribution in [-0.4, -0.2) is 6.29 Å². The molecule has 0 amide bonds. The van der Waals surface area contributed by atoms with Crippen LogP contribution in [0.5, 0.6) is 0 Å². The highest BCUT2D eigenvalue weighted by Crippen LogP contribution is 2.08. The maximum absolute atomic E-state index is 10.2. The lowest BCUT2D eigenvalue weighted by Gasteiger charge is -1.98. The highest BCUT2D eigenvalue weighted by molar-refractivity contribution is 5.54. The third kappa shape index (κ3) is 4.54. The predicted octanol–water partition coefficient (Wildman–Crippen LogP) is 2.88. The zero-order chi connectivity index (χ0) is 8.69. The molecule has 0 atom stereocenters. The molecule has 0 aromatic heterocycles. The number of carbonyl (C=O) groups excluding carboxylic acids is 1. The third-order valence-corrected chi connectivity index (χ3v) is 1.69. The second kappa shape index (κ2) is 5.90. The second-order valence-electron chi connectivity index (χ2n) is 2.56. The number of hydrogen-bond donors (Lipinski definition) is 0. The van der Waals surface area contributed by atoms with Crippen molar-refractivity contribution in [2.24, 2.45) is 0 Å². The lowest BCUT2D eigenvalue weighted by atomic mass is 10.1. The summed E-state index contributed by atoms with van der Waals surface area (Å²) in [7, 11) is 0. The predicted molar refractivity (Wildman–Crippen MR) is 48.5 cm³/mol. The highest BCUT2D eigenvalue weighted by Gasteiger charge is 1.91. The molecule has 0 heterocycles. The van der Waals surface area contributed by atoms with Crippen LogP contribution in [0.15, 0.2) is 23.3 Å². The molecule has 0 saturated heterocycles. The van der Waals surface area contributed by atoms with Gasteiger partial charge in [0.2, 0.25) is 0 Å². The van der Waals surface area contributed by atoms with Crippen molar-refractivity contribution in [3.8, 4) is 0 Å². The molecule has 0 aromatic carbocycles. The molecular formula is C10H16O. The molecule has 0 N–H and O–H groups in total. The Morgan fingerprint density at radius 2 is 2.09 bits per heavy atom. The van der Waals surface area contributed by atoms with Gasteiger partial charge in [0.25, 0.3) is 0 Å². The van der Waals surface area contributed by atoms with Crippen LogP contribution in [-0.2, 0) is 4.79 Å². The fourth-order valence-corrected chi connectivity index (χ4v) is 0.818. The summed E-state index contributed by atoms with van der Waals surface area (Å²) in [6, 6.07) is 0. The largest absolute Gasteiger partial charge is 0.303 e. The van der Waals surface area contributed by atoms with Gasteiger partial charge < -0.3 is 4.79 Å². The molecule has 0 bridgehead atoms. The van der Waals surface area contributed by atoms with Crippen LogP contribution in [0.2, 0.25) is 0 Å². The smallest absolute Gasteiger partial charge is 0.124 e. The van der Waals surface area contributed by atoms with E-state index in [-0.39, 0.29) is 0 Å². The summed E-state index contributed by atoms with van der Waals surface area (Å²) in [5.74, 6) is 0. The summed E-state index contributed by atoms with van der Waals surface area (Å²) < 4.78 is 0. The number of hydrogen-bond acceptors (Lipinski definition) is 1. The Bertz CT molecular complexity index is 175. The first-order chi connectivity index (χ1) is 5.24. The molecule has 1 heteroatoms. The second-order valence-corrected chi connectivity index (χ2v) is 2.56.